The van der Waals surface area contributed by atoms with Crippen molar-refractivity contribution in [3.05, 3.63) is 205 Å². The average Bonchev–Trinajstić information content (AvgIpc) is 4.04. The molecule has 1 aliphatic carbocycles. The van der Waals surface area contributed by atoms with E-state index in [2.05, 4.69) is 203 Å². The maximum Gasteiger partial charge on any atom is 0.0782 e. The van der Waals surface area contributed by atoms with Crippen LogP contribution in [0.25, 0.3) is 91.6 Å². The molecule has 0 bridgehead atoms. The largest absolute Gasteiger partial charge is 0.308 e. The summed E-state index contributed by atoms with van der Waals surface area (Å²) >= 11 is 1.88. The number of hydrogen-bond acceptors (Lipinski definition) is 2. The number of fused-ring (bicyclic) bond motifs is 12. The van der Waals surface area contributed by atoms with Crippen LogP contribution in [0.15, 0.2) is 194 Å². The summed E-state index contributed by atoms with van der Waals surface area (Å²) in [6, 6.07) is 72.1. The van der Waals surface area contributed by atoms with Gasteiger partial charge in [0.15, 0.2) is 0 Å². The molecule has 0 saturated carbocycles. The first kappa shape index (κ1) is 31.9. The molecule has 0 spiro atoms. The Bertz CT molecular complexity index is 3590. The Morgan fingerprint density at radius 3 is 1.83 bits per heavy atom. The van der Waals surface area contributed by atoms with Gasteiger partial charge in [0.2, 0.25) is 0 Å². The molecule has 9 aromatic carbocycles. The smallest absolute Gasteiger partial charge is 0.0782 e. The first-order valence-electron chi connectivity index (χ1n) is 20.1. The average molecular weight is 755 g/mol. The molecule has 3 heterocycles. The summed E-state index contributed by atoms with van der Waals surface area (Å²) in [5.74, 6) is 0. The molecule has 0 unspecified atom stereocenters. The highest BCUT2D eigenvalue weighted by Crippen LogP contribution is 2.47. The van der Waals surface area contributed by atoms with Crippen molar-refractivity contribution in [3.8, 4) is 33.4 Å². The first-order valence-corrected chi connectivity index (χ1v) is 20.9. The molecule has 0 saturated heterocycles. The van der Waals surface area contributed by atoms with Crippen LogP contribution in [0.5, 0.6) is 0 Å². The lowest BCUT2D eigenvalue weighted by Gasteiger charge is -2.27. The maximum absolute atomic E-state index is 2.50. The molecule has 13 rings (SSSR count). The normalized spacial score (nSPS) is 12.4. The van der Waals surface area contributed by atoms with Crippen molar-refractivity contribution in [2.45, 2.75) is 6.42 Å². The molecular weight excluding hydrogens is 721 g/mol. The second kappa shape index (κ2) is 12.1. The second-order valence-corrected chi connectivity index (χ2v) is 16.7. The van der Waals surface area contributed by atoms with Crippen LogP contribution in [-0.4, -0.2) is 4.40 Å². The van der Waals surface area contributed by atoms with E-state index >= 15 is 0 Å². The highest BCUT2D eigenvalue weighted by Gasteiger charge is 2.24. The topological polar surface area (TPSA) is 7.65 Å². The summed E-state index contributed by atoms with van der Waals surface area (Å²) in [6.07, 6.45) is 1.01. The molecule has 3 aromatic heterocycles. The lowest BCUT2D eigenvalue weighted by Crippen LogP contribution is -2.11. The Labute approximate surface area is 339 Å². The highest BCUT2D eigenvalue weighted by atomic mass is 32.1. The van der Waals surface area contributed by atoms with Gasteiger partial charge in [-0.25, -0.2) is 0 Å². The Morgan fingerprint density at radius 1 is 0.397 bits per heavy atom. The lowest BCUT2D eigenvalue weighted by molar-refractivity contribution is 1.26. The van der Waals surface area contributed by atoms with Gasteiger partial charge >= 0.3 is 0 Å². The van der Waals surface area contributed by atoms with Crippen LogP contribution in [0.3, 0.4) is 0 Å². The van der Waals surface area contributed by atoms with Gasteiger partial charge in [-0.1, -0.05) is 146 Å². The molecule has 0 radical (unpaired) electrons. The summed E-state index contributed by atoms with van der Waals surface area (Å²) in [6.45, 7) is 0. The van der Waals surface area contributed by atoms with Crippen molar-refractivity contribution >= 4 is 86.7 Å². The van der Waals surface area contributed by atoms with Crippen LogP contribution in [-0.2, 0) is 6.42 Å². The van der Waals surface area contributed by atoms with Crippen molar-refractivity contribution in [2.24, 2.45) is 0 Å². The van der Waals surface area contributed by atoms with Crippen molar-refractivity contribution in [1.29, 1.82) is 0 Å². The number of hydrogen-bond donors (Lipinski definition) is 0. The van der Waals surface area contributed by atoms with Crippen molar-refractivity contribution in [3.63, 3.8) is 0 Å². The van der Waals surface area contributed by atoms with E-state index < -0.39 is 0 Å². The zero-order valence-electron chi connectivity index (χ0n) is 31.5. The van der Waals surface area contributed by atoms with Crippen LogP contribution < -0.4 is 4.90 Å². The maximum atomic E-state index is 2.50. The molecule has 58 heavy (non-hydrogen) atoms. The predicted molar refractivity (Wildman–Crippen MR) is 248 cm³/mol. The van der Waals surface area contributed by atoms with Gasteiger partial charge in [-0.2, -0.15) is 0 Å². The van der Waals surface area contributed by atoms with Gasteiger partial charge in [-0.15, -0.1) is 11.3 Å². The number of anilines is 3. The molecule has 0 aliphatic heterocycles. The van der Waals surface area contributed by atoms with Gasteiger partial charge in [-0.3, -0.25) is 0 Å². The third kappa shape index (κ3) is 4.54. The molecule has 0 N–H and O–H groups in total. The van der Waals surface area contributed by atoms with Crippen molar-refractivity contribution in [2.75, 3.05) is 4.90 Å². The molecular formula is C55H34N2S. The molecule has 0 amide bonds. The molecule has 3 heteroatoms. The summed E-state index contributed by atoms with van der Waals surface area (Å²) in [4.78, 5) is 2.46. The van der Waals surface area contributed by atoms with E-state index in [0.29, 0.717) is 0 Å². The van der Waals surface area contributed by atoms with Gasteiger partial charge in [-0.05, 0) is 99.5 Å². The number of nitrogens with zero attached hydrogens (tertiary/aromatic N) is 2. The van der Waals surface area contributed by atoms with Crippen LogP contribution >= 0.6 is 11.3 Å². The molecule has 0 fully saturated rings. The minimum Gasteiger partial charge on any atom is -0.308 e. The van der Waals surface area contributed by atoms with Crippen LogP contribution in [0.1, 0.15) is 11.1 Å². The molecule has 1 aliphatic rings. The van der Waals surface area contributed by atoms with E-state index in [4.69, 9.17) is 0 Å². The Kier molecular flexibility index (Phi) is 6.69. The minimum atomic E-state index is 1.01. The molecule has 270 valence electrons. The lowest BCUT2D eigenvalue weighted by atomic mass is 9.98. The fourth-order valence-electron chi connectivity index (χ4n) is 9.93. The fraction of sp³-hybridized carbons (Fsp3) is 0.0182. The second-order valence-electron chi connectivity index (χ2n) is 15.6. The molecule has 0 atom stereocenters. The Balaban J connectivity index is 0.995. The summed E-state index contributed by atoms with van der Waals surface area (Å²) in [5.41, 5.74) is 17.6. The van der Waals surface area contributed by atoms with Gasteiger partial charge in [0, 0.05) is 53.1 Å². The monoisotopic (exact) mass is 754 g/mol. The zero-order valence-corrected chi connectivity index (χ0v) is 32.3. The van der Waals surface area contributed by atoms with Crippen LogP contribution in [0.4, 0.5) is 17.1 Å². The summed E-state index contributed by atoms with van der Waals surface area (Å²) in [5, 5.41) is 7.77. The summed E-state index contributed by atoms with van der Waals surface area (Å²) < 4.78 is 5.16. The minimum absolute atomic E-state index is 1.01. The quantitative estimate of drug-likeness (QED) is 0.170. The third-order valence-corrected chi connectivity index (χ3v) is 13.8. The van der Waals surface area contributed by atoms with E-state index in [1.807, 2.05) is 11.3 Å². The number of para-hydroxylation sites is 3. The van der Waals surface area contributed by atoms with E-state index in [9.17, 15) is 0 Å². The van der Waals surface area contributed by atoms with E-state index in [-0.39, 0.29) is 0 Å². The number of aromatic nitrogens is 1. The number of rotatable bonds is 5. The van der Waals surface area contributed by atoms with E-state index in [1.165, 1.54) is 103 Å². The van der Waals surface area contributed by atoms with E-state index in [1.54, 1.807) is 0 Å². The van der Waals surface area contributed by atoms with Crippen LogP contribution in [0, 0.1) is 0 Å². The van der Waals surface area contributed by atoms with Crippen LogP contribution in [0.2, 0.25) is 0 Å². The highest BCUT2D eigenvalue weighted by molar-refractivity contribution is 7.26. The van der Waals surface area contributed by atoms with Gasteiger partial charge in [0.25, 0.3) is 0 Å². The van der Waals surface area contributed by atoms with E-state index in [0.717, 1.165) is 23.5 Å². The number of thiophene rings is 1. The third-order valence-electron chi connectivity index (χ3n) is 12.6. The van der Waals surface area contributed by atoms with Gasteiger partial charge in [0.1, 0.15) is 0 Å². The SMILES string of the molecule is c1ccc2c(c1)Cc1ccc(-c3ccc(N(c4ccc(-c5cccc6c5sc5ccccc56)cc4)c4cccc5c6cccc7c8ccccc8n(c45)c76)cc3)cc1-2. The summed E-state index contributed by atoms with van der Waals surface area (Å²) in [7, 11) is 0. The van der Waals surface area contributed by atoms with Crippen molar-refractivity contribution in [1.82, 2.24) is 4.40 Å². The fourth-order valence-corrected chi connectivity index (χ4v) is 11.2. The number of benzene rings is 9. The Hall–Kier alpha value is -7.20. The zero-order chi connectivity index (χ0) is 37.9. The van der Waals surface area contributed by atoms with Crippen molar-refractivity contribution < 1.29 is 0 Å². The first-order chi connectivity index (χ1) is 28.8. The predicted octanol–water partition coefficient (Wildman–Crippen LogP) is 15.6. The Morgan fingerprint density at radius 2 is 0.983 bits per heavy atom. The van der Waals surface area contributed by atoms with Gasteiger partial charge < -0.3 is 9.30 Å². The standard InChI is InChI=1S/C55H34N2S/c1-2-11-41-37(10-1)32-38-23-22-36(33-49(38)41)34-24-28-39(29-25-34)56(40-30-26-35(27-31-40)42-14-7-18-48-44-13-4-6-21-52(44)58-55(42)48)51-20-9-17-47-46-16-8-15-45-43-12-3-5-19-50(43)57(53(45)46)54(47)51/h1-31,33H,32H2. The molecule has 12 aromatic rings. The van der Waals surface area contributed by atoms with Gasteiger partial charge in [0.05, 0.1) is 22.2 Å². The molecule has 2 nitrogen and oxygen atoms in total.